The lowest BCUT2D eigenvalue weighted by Crippen LogP contribution is -2.26. The quantitative estimate of drug-likeness (QED) is 0.773. The second-order valence-electron chi connectivity index (χ2n) is 4.76. The van der Waals surface area contributed by atoms with Crippen molar-refractivity contribution in [3.8, 4) is 0 Å². The highest BCUT2D eigenvalue weighted by molar-refractivity contribution is 5.92. The molecule has 4 heteroatoms. The van der Waals surface area contributed by atoms with E-state index in [-0.39, 0.29) is 11.8 Å². The molecule has 0 spiro atoms. The first kappa shape index (κ1) is 8.95. The Kier molecular flexibility index (Phi) is 2.01. The fourth-order valence-electron chi connectivity index (χ4n) is 3.12. The minimum Gasteiger partial charge on any atom is -0.323 e. The molecule has 0 aliphatic heterocycles. The first-order valence-electron chi connectivity index (χ1n) is 5.62. The molecular formula is C11H15N3O. The third kappa shape index (κ3) is 1.54. The van der Waals surface area contributed by atoms with Gasteiger partial charge in [0.15, 0.2) is 0 Å². The first-order chi connectivity index (χ1) is 7.33. The summed E-state index contributed by atoms with van der Waals surface area (Å²) < 4.78 is 0. The van der Waals surface area contributed by atoms with Gasteiger partial charge in [-0.15, -0.1) is 0 Å². The Balaban J connectivity index is 1.66. The zero-order chi connectivity index (χ0) is 10.3. The highest BCUT2D eigenvalue weighted by Crippen LogP contribution is 2.48. The average Bonchev–Trinajstić information content (AvgIpc) is 2.93. The molecule has 1 heterocycles. The van der Waals surface area contributed by atoms with E-state index < -0.39 is 0 Å². The Labute approximate surface area is 88.4 Å². The van der Waals surface area contributed by atoms with Crippen LogP contribution in [-0.2, 0) is 4.79 Å². The molecule has 2 aliphatic rings. The van der Waals surface area contributed by atoms with Crippen LogP contribution in [0.1, 0.15) is 25.7 Å². The van der Waals surface area contributed by atoms with Gasteiger partial charge in [0.2, 0.25) is 5.91 Å². The predicted octanol–water partition coefficient (Wildman–Crippen LogP) is 1.78. The van der Waals surface area contributed by atoms with Gasteiger partial charge >= 0.3 is 0 Å². The fourth-order valence-corrected chi connectivity index (χ4v) is 3.12. The van der Waals surface area contributed by atoms with Gasteiger partial charge in [-0.25, -0.2) is 0 Å². The molecule has 1 amide bonds. The Hall–Kier alpha value is -1.32. The van der Waals surface area contributed by atoms with Crippen molar-refractivity contribution in [3.63, 3.8) is 0 Å². The maximum absolute atomic E-state index is 11.9. The van der Waals surface area contributed by atoms with Gasteiger partial charge in [0.25, 0.3) is 0 Å². The number of amides is 1. The number of aromatic amines is 1. The van der Waals surface area contributed by atoms with Crippen LogP contribution in [0.15, 0.2) is 12.4 Å². The molecule has 0 radical (unpaired) electrons. The summed E-state index contributed by atoms with van der Waals surface area (Å²) in [6.07, 6.45) is 8.29. The van der Waals surface area contributed by atoms with Crippen molar-refractivity contribution in [3.05, 3.63) is 12.4 Å². The maximum Gasteiger partial charge on any atom is 0.227 e. The summed E-state index contributed by atoms with van der Waals surface area (Å²) in [6, 6.07) is 0. The highest BCUT2D eigenvalue weighted by atomic mass is 16.1. The van der Waals surface area contributed by atoms with Crippen LogP contribution in [0.5, 0.6) is 0 Å². The van der Waals surface area contributed by atoms with Crippen LogP contribution in [0.3, 0.4) is 0 Å². The number of hydrogen-bond donors (Lipinski definition) is 2. The van der Waals surface area contributed by atoms with Crippen molar-refractivity contribution in [2.24, 2.45) is 17.8 Å². The minimum atomic E-state index is 0.184. The van der Waals surface area contributed by atoms with E-state index in [1.165, 1.54) is 19.3 Å². The molecule has 1 aromatic heterocycles. The van der Waals surface area contributed by atoms with Crippen LogP contribution in [0.4, 0.5) is 5.69 Å². The van der Waals surface area contributed by atoms with Crippen molar-refractivity contribution in [1.82, 2.24) is 10.2 Å². The third-order valence-electron chi connectivity index (χ3n) is 3.84. The van der Waals surface area contributed by atoms with Crippen molar-refractivity contribution < 1.29 is 4.79 Å². The van der Waals surface area contributed by atoms with Crippen molar-refractivity contribution >= 4 is 11.6 Å². The molecule has 0 aromatic carbocycles. The van der Waals surface area contributed by atoms with Gasteiger partial charge in [-0.05, 0) is 31.1 Å². The molecule has 1 aromatic rings. The van der Waals surface area contributed by atoms with Gasteiger partial charge in [0.05, 0.1) is 11.9 Å². The van der Waals surface area contributed by atoms with Crippen LogP contribution in [0, 0.1) is 17.8 Å². The molecular weight excluding hydrogens is 190 g/mol. The molecule has 2 saturated carbocycles. The second-order valence-corrected chi connectivity index (χ2v) is 4.76. The van der Waals surface area contributed by atoms with Gasteiger partial charge < -0.3 is 5.32 Å². The third-order valence-corrected chi connectivity index (χ3v) is 3.84. The summed E-state index contributed by atoms with van der Waals surface area (Å²) >= 11 is 0. The summed E-state index contributed by atoms with van der Waals surface area (Å²) in [5, 5.41) is 9.42. The number of hydrogen-bond acceptors (Lipinski definition) is 2. The Morgan fingerprint density at radius 3 is 3.00 bits per heavy atom. The topological polar surface area (TPSA) is 57.8 Å². The molecule has 3 rings (SSSR count). The number of anilines is 1. The van der Waals surface area contributed by atoms with E-state index in [0.29, 0.717) is 5.92 Å². The van der Waals surface area contributed by atoms with E-state index in [2.05, 4.69) is 15.5 Å². The van der Waals surface area contributed by atoms with Gasteiger partial charge in [-0.1, -0.05) is 6.42 Å². The smallest absolute Gasteiger partial charge is 0.227 e. The van der Waals surface area contributed by atoms with Gasteiger partial charge in [-0.3, -0.25) is 9.89 Å². The summed E-state index contributed by atoms with van der Waals surface area (Å²) in [4.78, 5) is 11.9. The van der Waals surface area contributed by atoms with Crippen LogP contribution < -0.4 is 5.32 Å². The van der Waals surface area contributed by atoms with Crippen LogP contribution >= 0.6 is 0 Å². The molecule has 3 atom stereocenters. The fraction of sp³-hybridized carbons (Fsp3) is 0.636. The molecule has 15 heavy (non-hydrogen) atoms. The number of carbonyl (C=O) groups excluding carboxylic acids is 1. The zero-order valence-electron chi connectivity index (χ0n) is 8.57. The van der Waals surface area contributed by atoms with Crippen molar-refractivity contribution in [1.29, 1.82) is 0 Å². The summed E-state index contributed by atoms with van der Waals surface area (Å²) in [5.74, 6) is 1.89. The SMILES string of the molecule is O=C(Nc1cn[nH]c1)[C@@H]1C[C@H]2CC[C@H]1C2. The largest absolute Gasteiger partial charge is 0.323 e. The number of aromatic nitrogens is 2. The standard InChI is InChI=1S/C11H15N3O/c15-11(14-9-5-12-13-6-9)10-4-7-1-2-8(10)3-7/h5-8,10H,1-4H2,(H,12,13)(H,14,15)/t7-,8-,10+/m0/s1. The van der Waals surface area contributed by atoms with Crippen molar-refractivity contribution in [2.45, 2.75) is 25.7 Å². The number of nitrogens with zero attached hydrogens (tertiary/aromatic N) is 1. The summed E-state index contributed by atoms with van der Waals surface area (Å²) in [5.41, 5.74) is 0.780. The monoisotopic (exact) mass is 205 g/mol. The van der Waals surface area contributed by atoms with Gasteiger partial charge in [0.1, 0.15) is 0 Å². The molecule has 4 nitrogen and oxygen atoms in total. The minimum absolute atomic E-state index is 0.184. The van der Waals surface area contributed by atoms with Crippen LogP contribution in [0.25, 0.3) is 0 Å². The Bertz CT molecular complexity index is 360. The Morgan fingerprint density at radius 2 is 2.40 bits per heavy atom. The zero-order valence-corrected chi connectivity index (χ0v) is 8.57. The summed E-state index contributed by atoms with van der Waals surface area (Å²) in [7, 11) is 0. The lowest BCUT2D eigenvalue weighted by molar-refractivity contribution is -0.121. The number of H-pyrrole nitrogens is 1. The van der Waals surface area contributed by atoms with Crippen molar-refractivity contribution in [2.75, 3.05) is 5.32 Å². The lowest BCUT2D eigenvalue weighted by atomic mass is 9.88. The predicted molar refractivity (Wildman–Crippen MR) is 56.2 cm³/mol. The molecule has 2 bridgehead atoms. The van der Waals surface area contributed by atoms with Gasteiger partial charge in [-0.2, -0.15) is 5.10 Å². The number of carbonyl (C=O) groups is 1. The Morgan fingerprint density at radius 1 is 1.47 bits per heavy atom. The molecule has 2 fully saturated rings. The van der Waals surface area contributed by atoms with Crippen LogP contribution in [-0.4, -0.2) is 16.1 Å². The second kappa shape index (κ2) is 3.36. The molecule has 0 saturated heterocycles. The first-order valence-corrected chi connectivity index (χ1v) is 5.62. The summed E-state index contributed by atoms with van der Waals surface area (Å²) in [6.45, 7) is 0. The molecule has 80 valence electrons. The molecule has 2 aliphatic carbocycles. The molecule has 2 N–H and O–H groups in total. The normalized spacial score (nSPS) is 33.2. The number of nitrogens with one attached hydrogen (secondary N) is 2. The average molecular weight is 205 g/mol. The van der Waals surface area contributed by atoms with E-state index >= 15 is 0 Å². The van der Waals surface area contributed by atoms with Gasteiger partial charge in [0, 0.05) is 12.1 Å². The van der Waals surface area contributed by atoms with E-state index in [1.807, 2.05) is 0 Å². The van der Waals surface area contributed by atoms with E-state index in [0.717, 1.165) is 18.0 Å². The van der Waals surface area contributed by atoms with E-state index in [4.69, 9.17) is 0 Å². The maximum atomic E-state index is 11.9. The molecule has 0 unspecified atom stereocenters. The highest BCUT2D eigenvalue weighted by Gasteiger charge is 2.42. The van der Waals surface area contributed by atoms with E-state index in [1.54, 1.807) is 12.4 Å². The number of rotatable bonds is 2. The van der Waals surface area contributed by atoms with E-state index in [9.17, 15) is 4.79 Å². The van der Waals surface area contributed by atoms with Crippen LogP contribution in [0.2, 0.25) is 0 Å². The number of fused-ring (bicyclic) bond motifs is 2. The lowest BCUT2D eigenvalue weighted by Gasteiger charge is -2.20.